The minimum atomic E-state index is -3.00. The fourth-order valence-electron chi connectivity index (χ4n) is 1.96. The molecule has 1 unspecified atom stereocenters. The maximum Gasteiger partial charge on any atom is 0.345 e. The van der Waals surface area contributed by atoms with Gasteiger partial charge in [-0.15, -0.1) is 0 Å². The molecule has 0 aromatic heterocycles. The molecule has 0 saturated heterocycles. The number of alkyl halides is 2. The van der Waals surface area contributed by atoms with Gasteiger partial charge in [-0.2, -0.15) is 0 Å². The number of carbonyl (C=O) groups is 1. The zero-order valence-electron chi connectivity index (χ0n) is 9.88. The lowest BCUT2D eigenvalue weighted by atomic mass is 9.83. The third-order valence-corrected chi connectivity index (χ3v) is 3.02. The normalized spacial score (nSPS) is 20.5. The predicted molar refractivity (Wildman–Crippen MR) is 64.8 cm³/mol. The van der Waals surface area contributed by atoms with Crippen LogP contribution in [-0.2, 0) is 10.4 Å². The van der Waals surface area contributed by atoms with Gasteiger partial charge in [0, 0.05) is 6.42 Å². The van der Waals surface area contributed by atoms with Gasteiger partial charge < -0.3 is 10.2 Å². The van der Waals surface area contributed by atoms with Gasteiger partial charge in [0.15, 0.2) is 0 Å². The van der Waals surface area contributed by atoms with Crippen LogP contribution in [0.25, 0.3) is 0 Å². The summed E-state index contributed by atoms with van der Waals surface area (Å²) in [6.45, 7) is 0. The fraction of sp³-hybridized carbons (Fsp3) is 0.214. The van der Waals surface area contributed by atoms with Crippen molar-refractivity contribution in [3.05, 3.63) is 59.7 Å². The molecule has 0 heterocycles. The Balaban J connectivity index is 2.46. The number of hydrogen-bond acceptors (Lipinski definition) is 2. The molecule has 100 valence electrons. The Kier molecular flexibility index (Phi) is 3.24. The largest absolute Gasteiger partial charge is 0.479 e. The molecule has 0 bridgehead atoms. The number of carboxylic acids is 1. The minimum Gasteiger partial charge on any atom is -0.479 e. The van der Waals surface area contributed by atoms with Gasteiger partial charge in [0.1, 0.15) is 0 Å². The Morgan fingerprint density at radius 3 is 2.37 bits per heavy atom. The molecular formula is C14H12F2O3. The molecule has 0 radical (unpaired) electrons. The first kappa shape index (κ1) is 13.4. The van der Waals surface area contributed by atoms with Crippen LogP contribution in [0.4, 0.5) is 8.78 Å². The van der Waals surface area contributed by atoms with E-state index in [1.807, 2.05) is 0 Å². The molecule has 1 atom stereocenters. The second-order valence-corrected chi connectivity index (χ2v) is 4.34. The van der Waals surface area contributed by atoms with E-state index in [1.54, 1.807) is 18.2 Å². The Hall–Kier alpha value is -2.01. The maximum atomic E-state index is 13.0. The van der Waals surface area contributed by atoms with Crippen molar-refractivity contribution in [1.29, 1.82) is 0 Å². The summed E-state index contributed by atoms with van der Waals surface area (Å²) in [6, 6.07) is 7.70. The number of aliphatic hydroxyl groups is 1. The second kappa shape index (κ2) is 4.59. The highest BCUT2D eigenvalue weighted by molar-refractivity contribution is 5.84. The van der Waals surface area contributed by atoms with Crippen LogP contribution in [0.2, 0.25) is 0 Å². The van der Waals surface area contributed by atoms with Crippen molar-refractivity contribution in [3.63, 3.8) is 0 Å². The van der Waals surface area contributed by atoms with Crippen LogP contribution in [0.3, 0.4) is 0 Å². The van der Waals surface area contributed by atoms with Crippen molar-refractivity contribution in [1.82, 2.24) is 0 Å². The molecule has 0 amide bonds. The van der Waals surface area contributed by atoms with Crippen molar-refractivity contribution in [2.24, 2.45) is 0 Å². The standard InChI is InChI=1S/C14H12F2O3/c15-13(16)8-6-11(7-9-13)14(19,12(17)18)10-4-2-1-3-5-10/h1-8,19H,9H2,(H,17,18). The average Bonchev–Trinajstić information content (AvgIpc) is 2.38. The average molecular weight is 266 g/mol. The van der Waals surface area contributed by atoms with Crippen molar-refractivity contribution in [2.75, 3.05) is 0 Å². The predicted octanol–water partition coefficient (Wildman–Crippen LogP) is 2.48. The lowest BCUT2D eigenvalue weighted by molar-refractivity contribution is -0.155. The number of carboxylic acid groups (broad SMARTS) is 1. The van der Waals surface area contributed by atoms with Crippen molar-refractivity contribution in [2.45, 2.75) is 17.9 Å². The van der Waals surface area contributed by atoms with E-state index in [4.69, 9.17) is 0 Å². The van der Waals surface area contributed by atoms with Gasteiger partial charge >= 0.3 is 5.97 Å². The number of allylic oxidation sites excluding steroid dienone is 2. The SMILES string of the molecule is O=C(O)C(O)(C1=CCC(F)(F)C=C1)c1ccccc1. The highest BCUT2D eigenvalue weighted by Gasteiger charge is 2.43. The number of halogens is 2. The summed E-state index contributed by atoms with van der Waals surface area (Å²) in [7, 11) is 0. The van der Waals surface area contributed by atoms with E-state index in [2.05, 4.69) is 0 Å². The summed E-state index contributed by atoms with van der Waals surface area (Å²) in [6.07, 6.45) is 2.01. The summed E-state index contributed by atoms with van der Waals surface area (Å²) in [5.74, 6) is -4.50. The quantitative estimate of drug-likeness (QED) is 0.883. The van der Waals surface area contributed by atoms with Crippen LogP contribution < -0.4 is 0 Å². The van der Waals surface area contributed by atoms with Crippen molar-refractivity contribution >= 4 is 5.97 Å². The van der Waals surface area contributed by atoms with Crippen molar-refractivity contribution < 1.29 is 23.8 Å². The highest BCUT2D eigenvalue weighted by Crippen LogP contribution is 2.36. The molecular weight excluding hydrogens is 254 g/mol. The summed E-state index contributed by atoms with van der Waals surface area (Å²) >= 11 is 0. The summed E-state index contributed by atoms with van der Waals surface area (Å²) in [4.78, 5) is 11.4. The smallest absolute Gasteiger partial charge is 0.345 e. The Morgan fingerprint density at radius 2 is 1.89 bits per heavy atom. The van der Waals surface area contributed by atoms with Crippen LogP contribution in [0, 0.1) is 0 Å². The molecule has 2 rings (SSSR count). The maximum absolute atomic E-state index is 13.0. The number of benzene rings is 1. The molecule has 0 saturated carbocycles. The molecule has 19 heavy (non-hydrogen) atoms. The first-order valence-electron chi connectivity index (χ1n) is 5.65. The van der Waals surface area contributed by atoms with Crippen LogP contribution in [0.5, 0.6) is 0 Å². The Bertz CT molecular complexity index is 549. The van der Waals surface area contributed by atoms with Gasteiger partial charge in [0.25, 0.3) is 5.92 Å². The van der Waals surface area contributed by atoms with Gasteiger partial charge in [-0.05, 0) is 17.2 Å². The monoisotopic (exact) mass is 266 g/mol. The summed E-state index contributed by atoms with van der Waals surface area (Å²) < 4.78 is 26.0. The highest BCUT2D eigenvalue weighted by atomic mass is 19.3. The third-order valence-electron chi connectivity index (χ3n) is 3.02. The number of hydrogen-bond donors (Lipinski definition) is 2. The minimum absolute atomic E-state index is 0.0582. The lowest BCUT2D eigenvalue weighted by Gasteiger charge is -2.28. The summed E-state index contributed by atoms with van der Waals surface area (Å²) in [5.41, 5.74) is -2.24. The number of rotatable bonds is 3. The van der Waals surface area contributed by atoms with E-state index < -0.39 is 23.9 Å². The number of aliphatic carboxylic acids is 1. The van der Waals surface area contributed by atoms with Gasteiger partial charge in [-0.25, -0.2) is 13.6 Å². The molecule has 1 aromatic carbocycles. The van der Waals surface area contributed by atoms with E-state index in [0.717, 1.165) is 12.2 Å². The molecule has 5 heteroatoms. The van der Waals surface area contributed by atoms with Crippen molar-refractivity contribution in [3.8, 4) is 0 Å². The Labute approximate surface area is 108 Å². The van der Waals surface area contributed by atoms with E-state index in [9.17, 15) is 23.8 Å². The molecule has 1 aliphatic rings. The van der Waals surface area contributed by atoms with Gasteiger partial charge in [0.05, 0.1) is 0 Å². The van der Waals surface area contributed by atoms with E-state index in [1.165, 1.54) is 12.1 Å². The molecule has 0 fully saturated rings. The zero-order chi connectivity index (χ0) is 14.1. The Morgan fingerprint density at radius 1 is 1.26 bits per heavy atom. The first-order valence-corrected chi connectivity index (χ1v) is 5.65. The first-order chi connectivity index (χ1) is 8.86. The molecule has 0 spiro atoms. The fourth-order valence-corrected chi connectivity index (χ4v) is 1.96. The molecule has 1 aromatic rings. The molecule has 1 aliphatic carbocycles. The van der Waals surface area contributed by atoms with Gasteiger partial charge in [0.2, 0.25) is 5.60 Å². The lowest BCUT2D eigenvalue weighted by Crippen LogP contribution is -2.38. The zero-order valence-corrected chi connectivity index (χ0v) is 9.88. The van der Waals surface area contributed by atoms with Gasteiger partial charge in [-0.3, -0.25) is 0 Å². The third kappa shape index (κ3) is 2.42. The topological polar surface area (TPSA) is 57.5 Å². The van der Waals surface area contributed by atoms with Crippen LogP contribution in [-0.4, -0.2) is 22.1 Å². The molecule has 3 nitrogen and oxygen atoms in total. The van der Waals surface area contributed by atoms with Gasteiger partial charge in [-0.1, -0.05) is 42.5 Å². The van der Waals surface area contributed by atoms with E-state index in [0.29, 0.717) is 6.08 Å². The van der Waals surface area contributed by atoms with Crippen LogP contribution in [0.1, 0.15) is 12.0 Å². The molecule has 0 aliphatic heterocycles. The summed E-state index contributed by atoms with van der Waals surface area (Å²) in [5, 5.41) is 19.6. The van der Waals surface area contributed by atoms with E-state index in [-0.39, 0.29) is 11.1 Å². The second-order valence-electron chi connectivity index (χ2n) is 4.34. The van der Waals surface area contributed by atoms with Crippen LogP contribution >= 0.6 is 0 Å². The molecule has 2 N–H and O–H groups in total. The van der Waals surface area contributed by atoms with Crippen LogP contribution in [0.15, 0.2) is 54.1 Å². The van der Waals surface area contributed by atoms with E-state index >= 15 is 0 Å².